The molecule has 0 heterocycles. The summed E-state index contributed by atoms with van der Waals surface area (Å²) >= 11 is 17.4. The summed E-state index contributed by atoms with van der Waals surface area (Å²) in [6, 6.07) is 5.66. The van der Waals surface area contributed by atoms with Crippen LogP contribution in [0.25, 0.3) is 0 Å². The summed E-state index contributed by atoms with van der Waals surface area (Å²) < 4.78 is 0. The average molecular weight is 250 g/mol. The Balaban J connectivity index is 2.63. The van der Waals surface area contributed by atoms with Crippen LogP contribution in [0, 0.1) is 0 Å². The van der Waals surface area contributed by atoms with Gasteiger partial charge in [-0.15, -0.1) is 11.6 Å². The van der Waals surface area contributed by atoms with Crippen molar-refractivity contribution < 1.29 is 0 Å². The third-order valence-electron chi connectivity index (χ3n) is 1.81. The molecular weight excluding hydrogens is 238 g/mol. The molecule has 14 heavy (non-hydrogen) atoms. The third kappa shape index (κ3) is 3.53. The largest absolute Gasteiger partial charge is 0.126 e. The molecule has 0 spiro atoms. The van der Waals surface area contributed by atoms with Crippen molar-refractivity contribution in [2.24, 2.45) is 0 Å². The van der Waals surface area contributed by atoms with Gasteiger partial charge in [0.1, 0.15) is 0 Å². The quantitative estimate of drug-likeness (QED) is 0.535. The van der Waals surface area contributed by atoms with Crippen LogP contribution in [-0.4, -0.2) is 5.88 Å². The smallest absolute Gasteiger partial charge is 0.0627 e. The molecule has 1 aromatic rings. The minimum atomic E-state index is 0.606. The Morgan fingerprint density at radius 2 is 1.93 bits per heavy atom. The molecule has 0 nitrogen and oxygen atoms in total. The van der Waals surface area contributed by atoms with Gasteiger partial charge in [-0.2, -0.15) is 0 Å². The summed E-state index contributed by atoms with van der Waals surface area (Å²) in [5.41, 5.74) is 1.05. The number of halogens is 3. The molecule has 0 N–H and O–H groups in total. The maximum Gasteiger partial charge on any atom is 0.0627 e. The predicted octanol–water partition coefficient (Wildman–Crippen LogP) is 4.72. The normalized spacial score (nSPS) is 11.1. The van der Waals surface area contributed by atoms with E-state index in [1.807, 2.05) is 18.2 Å². The zero-order chi connectivity index (χ0) is 10.4. The van der Waals surface area contributed by atoms with E-state index in [4.69, 9.17) is 34.8 Å². The van der Waals surface area contributed by atoms with E-state index in [1.54, 1.807) is 6.07 Å². The molecule has 0 aliphatic carbocycles. The van der Waals surface area contributed by atoms with Gasteiger partial charge in [0.05, 0.1) is 10.0 Å². The molecule has 0 bridgehead atoms. The zero-order valence-corrected chi connectivity index (χ0v) is 9.91. The zero-order valence-electron chi connectivity index (χ0n) is 7.64. The highest BCUT2D eigenvalue weighted by atomic mass is 35.5. The van der Waals surface area contributed by atoms with Gasteiger partial charge in [-0.3, -0.25) is 0 Å². The Kier molecular flexibility index (Phi) is 5.39. The Bertz CT molecular complexity index is 318. The molecule has 3 heteroatoms. The minimum absolute atomic E-state index is 0.606. The van der Waals surface area contributed by atoms with E-state index in [2.05, 4.69) is 6.08 Å². The first-order valence-corrected chi connectivity index (χ1v) is 5.68. The fraction of sp³-hybridized carbons (Fsp3) is 0.273. The van der Waals surface area contributed by atoms with Gasteiger partial charge in [-0.05, 0) is 24.5 Å². The Morgan fingerprint density at radius 1 is 1.14 bits per heavy atom. The number of rotatable bonds is 4. The second kappa shape index (κ2) is 6.34. The van der Waals surface area contributed by atoms with Crippen molar-refractivity contribution in [3.63, 3.8) is 0 Å². The van der Waals surface area contributed by atoms with Gasteiger partial charge in [-0.25, -0.2) is 0 Å². The molecule has 0 amide bonds. The summed E-state index contributed by atoms with van der Waals surface area (Å²) in [4.78, 5) is 0. The van der Waals surface area contributed by atoms with Crippen molar-refractivity contribution in [1.29, 1.82) is 0 Å². The van der Waals surface area contributed by atoms with Gasteiger partial charge in [-0.1, -0.05) is 47.5 Å². The van der Waals surface area contributed by atoms with Crippen LogP contribution in [0.5, 0.6) is 0 Å². The summed E-state index contributed by atoms with van der Waals surface area (Å²) in [5, 5.41) is 1.25. The van der Waals surface area contributed by atoms with E-state index in [0.29, 0.717) is 15.9 Å². The number of hydrogen-bond donors (Lipinski definition) is 0. The Labute approximate surface area is 99.5 Å². The molecule has 0 unspecified atom stereocenters. The molecule has 0 fully saturated rings. The van der Waals surface area contributed by atoms with Crippen LogP contribution in [-0.2, 0) is 6.42 Å². The van der Waals surface area contributed by atoms with E-state index >= 15 is 0 Å². The first-order chi connectivity index (χ1) is 6.75. The van der Waals surface area contributed by atoms with Crippen LogP contribution in [0.3, 0.4) is 0 Å². The SMILES string of the molecule is ClCC/C=C/Cc1cccc(Cl)c1Cl. The molecule has 0 aliphatic rings. The second-order valence-electron chi connectivity index (χ2n) is 2.87. The van der Waals surface area contributed by atoms with Gasteiger partial charge >= 0.3 is 0 Å². The van der Waals surface area contributed by atoms with Gasteiger partial charge in [0, 0.05) is 5.88 Å². The van der Waals surface area contributed by atoms with Gasteiger partial charge < -0.3 is 0 Å². The first-order valence-electron chi connectivity index (χ1n) is 4.39. The van der Waals surface area contributed by atoms with Crippen LogP contribution >= 0.6 is 34.8 Å². The summed E-state index contributed by atoms with van der Waals surface area (Å²) in [6.07, 6.45) is 5.79. The summed E-state index contributed by atoms with van der Waals surface area (Å²) in [6.45, 7) is 0. The second-order valence-corrected chi connectivity index (χ2v) is 4.03. The molecule has 0 saturated carbocycles. The predicted molar refractivity (Wildman–Crippen MR) is 64.6 cm³/mol. The molecule has 0 atom stereocenters. The van der Waals surface area contributed by atoms with E-state index in [-0.39, 0.29) is 0 Å². The van der Waals surface area contributed by atoms with Crippen LogP contribution < -0.4 is 0 Å². The summed E-state index contributed by atoms with van der Waals surface area (Å²) in [5.74, 6) is 0.653. The third-order valence-corrected chi connectivity index (χ3v) is 2.89. The van der Waals surface area contributed by atoms with Crippen molar-refractivity contribution in [3.05, 3.63) is 46.0 Å². The molecule has 1 rings (SSSR count). The monoisotopic (exact) mass is 248 g/mol. The Morgan fingerprint density at radius 3 is 2.64 bits per heavy atom. The van der Waals surface area contributed by atoms with Crippen molar-refractivity contribution >= 4 is 34.8 Å². The average Bonchev–Trinajstić information content (AvgIpc) is 2.19. The molecule has 0 radical (unpaired) electrons. The lowest BCUT2D eigenvalue weighted by molar-refractivity contribution is 1.18. The fourth-order valence-corrected chi connectivity index (χ4v) is 1.62. The van der Waals surface area contributed by atoms with E-state index in [9.17, 15) is 0 Å². The van der Waals surface area contributed by atoms with Gasteiger partial charge in [0.25, 0.3) is 0 Å². The van der Waals surface area contributed by atoms with Crippen LogP contribution in [0.1, 0.15) is 12.0 Å². The number of hydrogen-bond acceptors (Lipinski definition) is 0. The Hall–Kier alpha value is -0.170. The molecule has 76 valence electrons. The van der Waals surface area contributed by atoms with Gasteiger partial charge in [0.15, 0.2) is 0 Å². The lowest BCUT2D eigenvalue weighted by Crippen LogP contribution is -1.83. The van der Waals surface area contributed by atoms with Crippen LogP contribution in [0.15, 0.2) is 30.4 Å². The highest BCUT2D eigenvalue weighted by Gasteiger charge is 2.01. The van der Waals surface area contributed by atoms with Crippen molar-refractivity contribution in [3.8, 4) is 0 Å². The van der Waals surface area contributed by atoms with Crippen molar-refractivity contribution in [2.45, 2.75) is 12.8 Å². The lowest BCUT2D eigenvalue weighted by atomic mass is 10.1. The number of alkyl halides is 1. The highest BCUT2D eigenvalue weighted by Crippen LogP contribution is 2.25. The topological polar surface area (TPSA) is 0 Å². The maximum absolute atomic E-state index is 6.01. The number of benzene rings is 1. The molecule has 0 aromatic heterocycles. The first kappa shape index (κ1) is 11.9. The van der Waals surface area contributed by atoms with Gasteiger partial charge in [0.2, 0.25) is 0 Å². The fourth-order valence-electron chi connectivity index (χ4n) is 1.10. The van der Waals surface area contributed by atoms with E-state index < -0.39 is 0 Å². The summed E-state index contributed by atoms with van der Waals surface area (Å²) in [7, 11) is 0. The lowest BCUT2D eigenvalue weighted by Gasteiger charge is -2.01. The van der Waals surface area contributed by atoms with Crippen molar-refractivity contribution in [2.75, 3.05) is 5.88 Å². The molecule has 0 saturated heterocycles. The standard InChI is InChI=1S/C11H11Cl3/c12-8-3-1-2-5-9-6-4-7-10(13)11(9)14/h1-2,4,6-7H,3,5,8H2/b2-1+. The van der Waals surface area contributed by atoms with E-state index in [1.165, 1.54) is 0 Å². The molecular formula is C11H11Cl3. The van der Waals surface area contributed by atoms with E-state index in [0.717, 1.165) is 18.4 Å². The highest BCUT2D eigenvalue weighted by molar-refractivity contribution is 6.42. The van der Waals surface area contributed by atoms with Crippen LogP contribution in [0.2, 0.25) is 10.0 Å². The number of allylic oxidation sites excluding steroid dienone is 2. The van der Waals surface area contributed by atoms with Crippen LogP contribution in [0.4, 0.5) is 0 Å². The maximum atomic E-state index is 6.01. The molecule has 0 aliphatic heterocycles. The minimum Gasteiger partial charge on any atom is -0.126 e. The van der Waals surface area contributed by atoms with Crippen molar-refractivity contribution in [1.82, 2.24) is 0 Å². The molecule has 1 aromatic carbocycles.